The fourth-order valence-corrected chi connectivity index (χ4v) is 2.38. The Bertz CT molecular complexity index is 868. The van der Waals surface area contributed by atoms with Gasteiger partial charge in [0.05, 0.1) is 4.92 Å². The van der Waals surface area contributed by atoms with Crippen LogP contribution in [0.4, 0.5) is 5.69 Å². The van der Waals surface area contributed by atoms with Gasteiger partial charge in [-0.3, -0.25) is 19.6 Å². The van der Waals surface area contributed by atoms with Crippen LogP contribution in [0.3, 0.4) is 0 Å². The first kappa shape index (κ1) is 16.4. The van der Waals surface area contributed by atoms with Crippen LogP contribution in [0.2, 0.25) is 0 Å². The number of aromatic nitrogens is 3. The van der Waals surface area contributed by atoms with Gasteiger partial charge in [-0.05, 0) is 36.8 Å². The minimum absolute atomic E-state index is 0.139. The molecule has 0 saturated heterocycles. The fraction of sp³-hybridized carbons (Fsp3) is 0.176. The molecule has 128 valence electrons. The summed E-state index contributed by atoms with van der Waals surface area (Å²) in [6, 6.07) is 11.1. The van der Waals surface area contributed by atoms with Gasteiger partial charge in [0.2, 0.25) is 5.91 Å². The van der Waals surface area contributed by atoms with Crippen LogP contribution in [0.15, 0.2) is 61.2 Å². The molecule has 8 nitrogen and oxygen atoms in total. The lowest BCUT2D eigenvalue weighted by Gasteiger charge is -2.12. The Hall–Kier alpha value is -3.42. The van der Waals surface area contributed by atoms with Crippen LogP contribution in [-0.2, 0) is 11.3 Å². The highest BCUT2D eigenvalue weighted by Crippen LogP contribution is 2.13. The summed E-state index contributed by atoms with van der Waals surface area (Å²) in [5.74, 6) is -0.257. The summed E-state index contributed by atoms with van der Waals surface area (Å²) >= 11 is 0. The molecule has 0 fully saturated rings. The monoisotopic (exact) mass is 339 g/mol. The van der Waals surface area contributed by atoms with Crippen molar-refractivity contribution in [3.05, 3.63) is 76.9 Å². The third-order valence-corrected chi connectivity index (χ3v) is 3.88. The van der Waals surface area contributed by atoms with Gasteiger partial charge in [-0.15, -0.1) is 0 Å². The van der Waals surface area contributed by atoms with Gasteiger partial charge >= 0.3 is 5.69 Å². The summed E-state index contributed by atoms with van der Waals surface area (Å²) in [7, 11) is 0. The quantitative estimate of drug-likeness (QED) is 0.551. The van der Waals surface area contributed by atoms with Crippen molar-refractivity contribution in [3.8, 4) is 5.69 Å². The highest BCUT2D eigenvalue weighted by Gasteiger charge is 2.18. The van der Waals surface area contributed by atoms with Crippen LogP contribution in [0.25, 0.3) is 5.69 Å². The van der Waals surface area contributed by atoms with Crippen molar-refractivity contribution in [1.82, 2.24) is 19.7 Å². The second-order valence-corrected chi connectivity index (χ2v) is 5.59. The van der Waals surface area contributed by atoms with Crippen LogP contribution in [0.5, 0.6) is 0 Å². The summed E-state index contributed by atoms with van der Waals surface area (Å²) < 4.78 is 3.28. The van der Waals surface area contributed by atoms with Gasteiger partial charge < -0.3 is 9.88 Å². The van der Waals surface area contributed by atoms with E-state index < -0.39 is 11.0 Å². The van der Waals surface area contributed by atoms with Gasteiger partial charge in [0.15, 0.2) is 0 Å². The van der Waals surface area contributed by atoms with Gasteiger partial charge in [-0.25, -0.2) is 0 Å². The van der Waals surface area contributed by atoms with E-state index in [1.54, 1.807) is 6.92 Å². The van der Waals surface area contributed by atoms with Crippen molar-refractivity contribution in [3.63, 3.8) is 0 Å². The fourth-order valence-electron chi connectivity index (χ4n) is 2.38. The average molecular weight is 339 g/mol. The molecule has 2 aromatic heterocycles. The Morgan fingerprint density at radius 1 is 1.28 bits per heavy atom. The smallest absolute Gasteiger partial charge is 0.307 e. The zero-order valence-electron chi connectivity index (χ0n) is 13.6. The molecular weight excluding hydrogens is 322 g/mol. The summed E-state index contributed by atoms with van der Waals surface area (Å²) in [6.07, 6.45) is 6.29. The van der Waals surface area contributed by atoms with E-state index in [1.165, 1.54) is 10.9 Å². The van der Waals surface area contributed by atoms with Gasteiger partial charge in [0.1, 0.15) is 18.4 Å². The lowest BCUT2D eigenvalue weighted by Crippen LogP contribution is -2.30. The molecule has 0 aliphatic rings. The Labute approximate surface area is 143 Å². The van der Waals surface area contributed by atoms with Crippen molar-refractivity contribution in [2.45, 2.75) is 19.5 Å². The van der Waals surface area contributed by atoms with E-state index in [0.717, 1.165) is 17.4 Å². The number of carbonyl (C=O) groups excluding carboxylic acids is 1. The molecular formula is C17H17N5O3. The Balaban J connectivity index is 1.58. The summed E-state index contributed by atoms with van der Waals surface area (Å²) in [5.41, 5.74) is 1.86. The highest BCUT2D eigenvalue weighted by atomic mass is 16.6. The maximum atomic E-state index is 12.2. The highest BCUT2D eigenvalue weighted by molar-refractivity contribution is 5.79. The van der Waals surface area contributed by atoms with Gasteiger partial charge in [0.25, 0.3) is 0 Å². The third-order valence-electron chi connectivity index (χ3n) is 3.88. The first-order chi connectivity index (χ1) is 12.0. The number of hydrogen-bond donors (Lipinski definition) is 1. The number of carbonyl (C=O) groups is 1. The summed E-state index contributed by atoms with van der Waals surface area (Å²) in [6.45, 7) is 2.01. The minimum atomic E-state index is -0.632. The van der Waals surface area contributed by atoms with E-state index in [1.807, 2.05) is 53.4 Å². The summed E-state index contributed by atoms with van der Waals surface area (Å²) in [4.78, 5) is 22.3. The van der Waals surface area contributed by atoms with Crippen molar-refractivity contribution in [2.75, 3.05) is 0 Å². The molecule has 0 saturated carbocycles. The normalized spacial score (nSPS) is 11.9. The van der Waals surface area contributed by atoms with E-state index in [9.17, 15) is 14.9 Å². The van der Waals surface area contributed by atoms with Gasteiger partial charge in [0, 0.05) is 24.6 Å². The topological polar surface area (TPSA) is 95.0 Å². The first-order valence-electron chi connectivity index (χ1n) is 7.73. The van der Waals surface area contributed by atoms with Gasteiger partial charge in [-0.2, -0.15) is 5.10 Å². The van der Waals surface area contributed by atoms with E-state index in [2.05, 4.69) is 10.4 Å². The van der Waals surface area contributed by atoms with Gasteiger partial charge in [-0.1, -0.05) is 12.1 Å². The summed E-state index contributed by atoms with van der Waals surface area (Å²) in [5, 5.41) is 17.4. The Morgan fingerprint density at radius 2 is 1.96 bits per heavy atom. The van der Waals surface area contributed by atoms with Crippen LogP contribution in [0.1, 0.15) is 18.5 Å². The van der Waals surface area contributed by atoms with Crippen molar-refractivity contribution in [2.24, 2.45) is 0 Å². The average Bonchev–Trinajstić information content (AvgIpc) is 3.31. The van der Waals surface area contributed by atoms with Crippen LogP contribution < -0.4 is 5.32 Å². The molecule has 1 N–H and O–H groups in total. The first-order valence-corrected chi connectivity index (χ1v) is 7.73. The van der Waals surface area contributed by atoms with E-state index in [-0.39, 0.29) is 11.6 Å². The molecule has 25 heavy (non-hydrogen) atoms. The van der Waals surface area contributed by atoms with Crippen LogP contribution in [-0.4, -0.2) is 25.2 Å². The zero-order chi connectivity index (χ0) is 17.8. The van der Waals surface area contributed by atoms with Crippen LogP contribution in [0, 0.1) is 10.1 Å². The minimum Gasteiger partial charge on any atom is -0.350 e. The maximum absolute atomic E-state index is 12.2. The maximum Gasteiger partial charge on any atom is 0.307 e. The molecule has 0 spiro atoms. The molecule has 0 unspecified atom stereocenters. The van der Waals surface area contributed by atoms with Crippen molar-refractivity contribution in [1.29, 1.82) is 0 Å². The number of rotatable bonds is 6. The molecule has 0 aliphatic heterocycles. The molecule has 1 amide bonds. The Morgan fingerprint density at radius 3 is 2.56 bits per heavy atom. The van der Waals surface area contributed by atoms with Crippen molar-refractivity contribution < 1.29 is 9.72 Å². The molecule has 1 atom stereocenters. The molecule has 3 rings (SSSR count). The lowest BCUT2D eigenvalue weighted by atomic mass is 10.2. The largest absolute Gasteiger partial charge is 0.350 e. The number of nitrogens with zero attached hydrogens (tertiary/aromatic N) is 4. The lowest BCUT2D eigenvalue weighted by molar-refractivity contribution is -0.385. The second-order valence-electron chi connectivity index (χ2n) is 5.59. The molecule has 8 heteroatoms. The third kappa shape index (κ3) is 3.74. The molecule has 1 aromatic carbocycles. The predicted molar refractivity (Wildman–Crippen MR) is 91.2 cm³/mol. The van der Waals surface area contributed by atoms with E-state index in [4.69, 9.17) is 0 Å². The SMILES string of the molecule is C[C@H](C(=O)NCc1ccc(-n2cccc2)cc1)n1cc([N+](=O)[O-])cn1. The standard InChI is InChI=1S/C17H17N5O3/c1-13(21-12-16(11-19-21)22(24)25)17(23)18-10-14-4-6-15(7-5-14)20-8-2-3-9-20/h2-9,11-13H,10H2,1H3,(H,18,23)/t13-/m1/s1. The number of nitro groups is 1. The number of benzene rings is 1. The molecule has 2 heterocycles. The molecule has 0 aliphatic carbocycles. The second kappa shape index (κ2) is 7.00. The number of nitrogens with one attached hydrogen (secondary N) is 1. The van der Waals surface area contributed by atoms with Crippen molar-refractivity contribution >= 4 is 11.6 Å². The van der Waals surface area contributed by atoms with E-state index >= 15 is 0 Å². The molecule has 3 aromatic rings. The predicted octanol–water partition coefficient (Wildman–Crippen LogP) is 2.46. The molecule has 0 radical (unpaired) electrons. The Kier molecular flexibility index (Phi) is 4.60. The zero-order valence-corrected chi connectivity index (χ0v) is 13.6. The van der Waals surface area contributed by atoms with Crippen LogP contribution >= 0.6 is 0 Å². The number of hydrogen-bond acceptors (Lipinski definition) is 4. The molecule has 0 bridgehead atoms. The van der Waals surface area contributed by atoms with E-state index in [0.29, 0.717) is 6.54 Å². The number of amides is 1.